The summed E-state index contributed by atoms with van der Waals surface area (Å²) in [5.41, 5.74) is 2.24. The van der Waals surface area contributed by atoms with Crippen molar-refractivity contribution in [2.75, 3.05) is 0 Å². The SMILES string of the molecule is CC(=O)NCc1cnn(-c2ccccc2C(=O)NCc2ccccc2F)c1. The first-order valence-corrected chi connectivity index (χ1v) is 8.43. The van der Waals surface area contributed by atoms with Crippen LogP contribution in [-0.4, -0.2) is 21.6 Å². The van der Waals surface area contributed by atoms with E-state index in [0.29, 0.717) is 23.4 Å². The van der Waals surface area contributed by atoms with Gasteiger partial charge < -0.3 is 10.6 Å². The molecule has 0 saturated carbocycles. The van der Waals surface area contributed by atoms with Crippen molar-refractivity contribution >= 4 is 11.8 Å². The molecular weight excluding hydrogens is 347 g/mol. The van der Waals surface area contributed by atoms with Gasteiger partial charge in [0.2, 0.25) is 5.91 Å². The molecule has 138 valence electrons. The molecule has 2 N–H and O–H groups in total. The largest absolute Gasteiger partial charge is 0.352 e. The molecule has 0 saturated heterocycles. The number of hydrogen-bond donors (Lipinski definition) is 2. The van der Waals surface area contributed by atoms with Gasteiger partial charge in [0.1, 0.15) is 5.82 Å². The fourth-order valence-electron chi connectivity index (χ4n) is 2.59. The Kier molecular flexibility index (Phi) is 5.61. The number of nitrogens with one attached hydrogen (secondary N) is 2. The van der Waals surface area contributed by atoms with Gasteiger partial charge in [-0.15, -0.1) is 0 Å². The minimum atomic E-state index is -0.360. The fourth-order valence-corrected chi connectivity index (χ4v) is 2.59. The van der Waals surface area contributed by atoms with Gasteiger partial charge in [-0.25, -0.2) is 9.07 Å². The molecular formula is C20H19FN4O2. The van der Waals surface area contributed by atoms with Gasteiger partial charge in [-0.1, -0.05) is 30.3 Å². The van der Waals surface area contributed by atoms with Gasteiger partial charge in [0, 0.05) is 37.3 Å². The van der Waals surface area contributed by atoms with Gasteiger partial charge in [-0.05, 0) is 18.2 Å². The van der Waals surface area contributed by atoms with Gasteiger partial charge in [-0.3, -0.25) is 9.59 Å². The number of aromatic nitrogens is 2. The Balaban J connectivity index is 1.76. The van der Waals surface area contributed by atoms with E-state index >= 15 is 0 Å². The number of rotatable bonds is 6. The zero-order chi connectivity index (χ0) is 19.2. The standard InChI is InChI=1S/C20H19FN4O2/c1-14(26)22-10-15-11-24-25(13-15)19-9-5-3-7-17(19)20(27)23-12-16-6-2-4-8-18(16)21/h2-9,11,13H,10,12H2,1H3,(H,22,26)(H,23,27). The minimum absolute atomic E-state index is 0.0900. The van der Waals surface area contributed by atoms with Crippen LogP contribution >= 0.6 is 0 Å². The van der Waals surface area contributed by atoms with Crippen molar-refractivity contribution in [1.29, 1.82) is 0 Å². The lowest BCUT2D eigenvalue weighted by atomic mass is 10.1. The summed E-state index contributed by atoms with van der Waals surface area (Å²) in [5, 5.41) is 9.70. The molecule has 0 bridgehead atoms. The summed E-state index contributed by atoms with van der Waals surface area (Å²) in [6, 6.07) is 13.3. The summed E-state index contributed by atoms with van der Waals surface area (Å²) >= 11 is 0. The predicted molar refractivity (Wildman–Crippen MR) is 98.7 cm³/mol. The Morgan fingerprint density at radius 1 is 1.04 bits per heavy atom. The molecule has 0 atom stereocenters. The first kappa shape index (κ1) is 18.3. The smallest absolute Gasteiger partial charge is 0.253 e. The first-order valence-electron chi connectivity index (χ1n) is 8.43. The zero-order valence-corrected chi connectivity index (χ0v) is 14.8. The van der Waals surface area contributed by atoms with Gasteiger partial charge in [-0.2, -0.15) is 5.10 Å². The molecule has 7 heteroatoms. The third-order valence-corrected chi connectivity index (χ3v) is 3.97. The number of amides is 2. The Morgan fingerprint density at radius 3 is 2.56 bits per heavy atom. The molecule has 0 spiro atoms. The highest BCUT2D eigenvalue weighted by atomic mass is 19.1. The van der Waals surface area contributed by atoms with E-state index in [4.69, 9.17) is 0 Å². The monoisotopic (exact) mass is 366 g/mol. The molecule has 0 aliphatic heterocycles. The molecule has 1 aromatic heterocycles. The Labute approximate surface area is 156 Å². The highest BCUT2D eigenvalue weighted by Crippen LogP contribution is 2.15. The molecule has 0 unspecified atom stereocenters. The first-order chi connectivity index (χ1) is 13.0. The molecule has 0 aliphatic carbocycles. The molecule has 0 aliphatic rings. The van der Waals surface area contributed by atoms with E-state index in [9.17, 15) is 14.0 Å². The van der Waals surface area contributed by atoms with Crippen LogP contribution in [0.25, 0.3) is 5.69 Å². The lowest BCUT2D eigenvalue weighted by Gasteiger charge is -2.10. The number of para-hydroxylation sites is 1. The van der Waals surface area contributed by atoms with E-state index in [2.05, 4.69) is 15.7 Å². The maximum Gasteiger partial charge on any atom is 0.253 e. The second-order valence-corrected chi connectivity index (χ2v) is 5.99. The van der Waals surface area contributed by atoms with Crippen molar-refractivity contribution in [3.8, 4) is 5.69 Å². The van der Waals surface area contributed by atoms with Gasteiger partial charge in [0.15, 0.2) is 0 Å². The predicted octanol–water partition coefficient (Wildman–Crippen LogP) is 2.58. The number of hydrogen-bond acceptors (Lipinski definition) is 3. The van der Waals surface area contributed by atoms with Crippen LogP contribution in [0, 0.1) is 5.82 Å². The van der Waals surface area contributed by atoms with Crippen molar-refractivity contribution in [2.24, 2.45) is 0 Å². The van der Waals surface area contributed by atoms with Crippen LogP contribution in [0.15, 0.2) is 60.9 Å². The molecule has 3 rings (SSSR count). The number of halogens is 1. The maximum atomic E-state index is 13.7. The molecule has 2 amide bonds. The van der Waals surface area contributed by atoms with Crippen LogP contribution in [0.5, 0.6) is 0 Å². The van der Waals surface area contributed by atoms with Crippen LogP contribution in [0.2, 0.25) is 0 Å². The van der Waals surface area contributed by atoms with Gasteiger partial charge in [0.25, 0.3) is 5.91 Å². The normalized spacial score (nSPS) is 10.4. The average Bonchev–Trinajstić information content (AvgIpc) is 3.14. The Hall–Kier alpha value is -3.48. The molecule has 1 heterocycles. The lowest BCUT2D eigenvalue weighted by molar-refractivity contribution is -0.119. The van der Waals surface area contributed by atoms with Crippen molar-refractivity contribution in [3.63, 3.8) is 0 Å². The second-order valence-electron chi connectivity index (χ2n) is 5.99. The Bertz CT molecular complexity index is 968. The summed E-state index contributed by atoms with van der Waals surface area (Å²) < 4.78 is 15.3. The highest BCUT2D eigenvalue weighted by Gasteiger charge is 2.14. The average molecular weight is 366 g/mol. The number of carbonyl (C=O) groups is 2. The summed E-state index contributed by atoms with van der Waals surface area (Å²) in [6.45, 7) is 1.89. The van der Waals surface area contributed by atoms with E-state index < -0.39 is 0 Å². The molecule has 27 heavy (non-hydrogen) atoms. The van der Waals surface area contributed by atoms with E-state index in [0.717, 1.165) is 5.56 Å². The molecule has 6 nitrogen and oxygen atoms in total. The number of carbonyl (C=O) groups excluding carboxylic acids is 2. The summed E-state index contributed by atoms with van der Waals surface area (Å²) in [5.74, 6) is -0.816. The fraction of sp³-hybridized carbons (Fsp3) is 0.150. The van der Waals surface area contributed by atoms with E-state index in [1.807, 2.05) is 0 Å². The minimum Gasteiger partial charge on any atom is -0.352 e. The summed E-state index contributed by atoms with van der Waals surface area (Å²) in [4.78, 5) is 23.6. The third kappa shape index (κ3) is 4.58. The van der Waals surface area contributed by atoms with Crippen LogP contribution < -0.4 is 10.6 Å². The highest BCUT2D eigenvalue weighted by molar-refractivity contribution is 5.97. The number of nitrogens with zero attached hydrogens (tertiary/aromatic N) is 2. The topological polar surface area (TPSA) is 76.0 Å². The molecule has 0 fully saturated rings. The van der Waals surface area contributed by atoms with E-state index in [1.54, 1.807) is 59.5 Å². The zero-order valence-electron chi connectivity index (χ0n) is 14.8. The van der Waals surface area contributed by atoms with Crippen molar-refractivity contribution in [2.45, 2.75) is 20.0 Å². The molecule has 2 aromatic carbocycles. The lowest BCUT2D eigenvalue weighted by Crippen LogP contribution is -2.24. The molecule has 3 aromatic rings. The third-order valence-electron chi connectivity index (χ3n) is 3.97. The van der Waals surface area contributed by atoms with Crippen LogP contribution in [0.1, 0.15) is 28.4 Å². The maximum absolute atomic E-state index is 13.7. The second kappa shape index (κ2) is 8.27. The van der Waals surface area contributed by atoms with Crippen molar-refractivity contribution in [3.05, 3.63) is 83.4 Å². The van der Waals surface area contributed by atoms with Crippen molar-refractivity contribution in [1.82, 2.24) is 20.4 Å². The quantitative estimate of drug-likeness (QED) is 0.704. The van der Waals surface area contributed by atoms with E-state index in [-0.39, 0.29) is 24.2 Å². The van der Waals surface area contributed by atoms with E-state index in [1.165, 1.54) is 13.0 Å². The van der Waals surface area contributed by atoms with Crippen LogP contribution in [0.3, 0.4) is 0 Å². The van der Waals surface area contributed by atoms with Crippen molar-refractivity contribution < 1.29 is 14.0 Å². The molecule has 0 radical (unpaired) electrons. The summed E-state index contributed by atoms with van der Waals surface area (Å²) in [7, 11) is 0. The Morgan fingerprint density at radius 2 is 1.78 bits per heavy atom. The number of benzene rings is 2. The van der Waals surface area contributed by atoms with Gasteiger partial charge in [0.05, 0.1) is 17.4 Å². The summed E-state index contributed by atoms with van der Waals surface area (Å²) in [6.07, 6.45) is 3.38. The van der Waals surface area contributed by atoms with Crippen LogP contribution in [-0.2, 0) is 17.9 Å². The van der Waals surface area contributed by atoms with Gasteiger partial charge >= 0.3 is 0 Å². The van der Waals surface area contributed by atoms with Crippen LogP contribution in [0.4, 0.5) is 4.39 Å².